The number of anilines is 1. The van der Waals surface area contributed by atoms with Crippen molar-refractivity contribution in [3.05, 3.63) is 54.1 Å². The predicted molar refractivity (Wildman–Crippen MR) is 105 cm³/mol. The van der Waals surface area contributed by atoms with E-state index in [0.717, 1.165) is 24.0 Å². The van der Waals surface area contributed by atoms with Gasteiger partial charge in [-0.2, -0.15) is 4.80 Å². The van der Waals surface area contributed by atoms with Crippen molar-refractivity contribution in [2.75, 3.05) is 5.32 Å². The highest BCUT2D eigenvalue weighted by molar-refractivity contribution is 5.90. The van der Waals surface area contributed by atoms with Gasteiger partial charge in [0.15, 0.2) is 0 Å². The van der Waals surface area contributed by atoms with Crippen LogP contribution in [0.1, 0.15) is 25.3 Å². The quantitative estimate of drug-likeness (QED) is 0.686. The first-order chi connectivity index (χ1) is 13.6. The molecule has 1 aliphatic rings. The van der Waals surface area contributed by atoms with Crippen LogP contribution in [0.15, 0.2) is 48.5 Å². The zero-order valence-corrected chi connectivity index (χ0v) is 15.6. The number of carbonyl (C=O) groups excluding carboxylic acids is 1. The minimum atomic E-state index is -0.159. The Bertz CT molecular complexity index is 982. The minimum absolute atomic E-state index is 0.159. The van der Waals surface area contributed by atoms with Crippen molar-refractivity contribution >= 4 is 11.7 Å². The molecule has 1 heterocycles. The third kappa shape index (κ3) is 4.11. The maximum Gasteiger partial charge on any atom is 0.322 e. The number of aryl methyl sites for hydroxylation is 1. The predicted octanol–water partition coefficient (Wildman–Crippen LogP) is 3.26. The molecule has 1 fully saturated rings. The van der Waals surface area contributed by atoms with Gasteiger partial charge in [0.1, 0.15) is 5.75 Å². The molecule has 0 unspecified atom stereocenters. The van der Waals surface area contributed by atoms with Gasteiger partial charge in [-0.1, -0.05) is 24.3 Å². The summed E-state index contributed by atoms with van der Waals surface area (Å²) in [5.74, 6) is 0.728. The molecule has 1 aliphatic carbocycles. The molecular formula is C20H22N6O2. The molecule has 0 atom stereocenters. The minimum Gasteiger partial charge on any atom is -0.508 e. The summed E-state index contributed by atoms with van der Waals surface area (Å²) in [5.41, 5.74) is 2.37. The second-order valence-electron chi connectivity index (χ2n) is 6.84. The van der Waals surface area contributed by atoms with E-state index in [-0.39, 0.29) is 17.8 Å². The topological polar surface area (TPSA) is 96.2 Å². The number of benzene rings is 2. The van der Waals surface area contributed by atoms with Crippen LogP contribution < -0.4 is 5.32 Å². The molecular weight excluding hydrogens is 356 g/mol. The van der Waals surface area contributed by atoms with E-state index in [1.165, 1.54) is 4.80 Å². The number of tetrazole rings is 1. The summed E-state index contributed by atoms with van der Waals surface area (Å²) in [6, 6.07) is 14.5. The Morgan fingerprint density at radius 1 is 1.25 bits per heavy atom. The lowest BCUT2D eigenvalue weighted by atomic mass is 10.2. The van der Waals surface area contributed by atoms with Crippen LogP contribution in [0.5, 0.6) is 5.75 Å². The van der Waals surface area contributed by atoms with E-state index >= 15 is 0 Å². The van der Waals surface area contributed by atoms with Gasteiger partial charge in [0, 0.05) is 23.8 Å². The first kappa shape index (κ1) is 18.0. The Hall–Kier alpha value is -3.42. The van der Waals surface area contributed by atoms with Crippen LogP contribution in [0, 0.1) is 0 Å². The van der Waals surface area contributed by atoms with Gasteiger partial charge >= 0.3 is 6.03 Å². The molecule has 0 aliphatic heterocycles. The Kier molecular flexibility index (Phi) is 4.92. The van der Waals surface area contributed by atoms with E-state index in [9.17, 15) is 9.90 Å². The number of urea groups is 1. The monoisotopic (exact) mass is 378 g/mol. The van der Waals surface area contributed by atoms with Crippen LogP contribution in [0.2, 0.25) is 0 Å². The van der Waals surface area contributed by atoms with Crippen molar-refractivity contribution in [1.29, 1.82) is 0 Å². The number of amides is 2. The van der Waals surface area contributed by atoms with Crippen LogP contribution >= 0.6 is 0 Å². The number of nitrogens with zero attached hydrogens (tertiary/aromatic N) is 5. The highest BCUT2D eigenvalue weighted by Crippen LogP contribution is 2.30. The molecule has 28 heavy (non-hydrogen) atoms. The summed E-state index contributed by atoms with van der Waals surface area (Å²) >= 11 is 0. The molecule has 144 valence electrons. The van der Waals surface area contributed by atoms with Crippen molar-refractivity contribution in [2.24, 2.45) is 0 Å². The fraction of sp³-hybridized carbons (Fsp3) is 0.300. The highest BCUT2D eigenvalue weighted by atomic mass is 16.3. The number of nitrogens with one attached hydrogen (secondary N) is 1. The maximum absolute atomic E-state index is 12.9. The third-order valence-corrected chi connectivity index (χ3v) is 4.62. The maximum atomic E-state index is 12.9. The number of aromatic nitrogens is 4. The zero-order valence-electron chi connectivity index (χ0n) is 15.6. The standard InChI is InChI=1S/C20H22N6O2/c1-2-26-23-19(22-24-26)15-6-4-7-16(12-15)21-20(28)25(17-9-10-17)13-14-5-3-8-18(27)11-14/h3-8,11-12,17,27H,2,9-10,13H2,1H3,(H,21,28). The third-order valence-electron chi connectivity index (χ3n) is 4.62. The van der Waals surface area contributed by atoms with Crippen molar-refractivity contribution < 1.29 is 9.90 Å². The molecule has 0 radical (unpaired) electrons. The number of hydrogen-bond donors (Lipinski definition) is 2. The summed E-state index contributed by atoms with van der Waals surface area (Å²) in [4.78, 5) is 16.2. The molecule has 2 aromatic carbocycles. The van der Waals surface area contributed by atoms with Gasteiger partial charge in [0.05, 0.1) is 6.54 Å². The molecule has 1 aromatic heterocycles. The van der Waals surface area contributed by atoms with Gasteiger partial charge in [0.25, 0.3) is 0 Å². The van der Waals surface area contributed by atoms with E-state index < -0.39 is 0 Å². The Balaban J connectivity index is 1.49. The first-order valence-electron chi connectivity index (χ1n) is 9.36. The van der Waals surface area contributed by atoms with E-state index in [1.54, 1.807) is 18.2 Å². The largest absolute Gasteiger partial charge is 0.508 e. The molecule has 4 rings (SSSR count). The summed E-state index contributed by atoms with van der Waals surface area (Å²) in [7, 11) is 0. The fourth-order valence-corrected chi connectivity index (χ4v) is 3.03. The molecule has 3 aromatic rings. The summed E-state index contributed by atoms with van der Waals surface area (Å²) in [6.45, 7) is 3.05. The van der Waals surface area contributed by atoms with E-state index in [1.807, 2.05) is 42.2 Å². The lowest BCUT2D eigenvalue weighted by Gasteiger charge is -2.23. The van der Waals surface area contributed by atoms with Crippen LogP contribution in [-0.4, -0.2) is 42.3 Å². The second kappa shape index (κ2) is 7.67. The normalized spacial score (nSPS) is 13.3. The van der Waals surface area contributed by atoms with Gasteiger partial charge in [-0.15, -0.1) is 10.2 Å². The van der Waals surface area contributed by atoms with Crippen LogP contribution in [0.3, 0.4) is 0 Å². The molecule has 2 N–H and O–H groups in total. The van der Waals surface area contributed by atoms with Crippen molar-refractivity contribution in [3.8, 4) is 17.1 Å². The molecule has 0 bridgehead atoms. The Morgan fingerprint density at radius 2 is 2.07 bits per heavy atom. The number of phenols is 1. The smallest absolute Gasteiger partial charge is 0.322 e. The summed E-state index contributed by atoms with van der Waals surface area (Å²) in [6.07, 6.45) is 1.99. The zero-order chi connectivity index (χ0) is 19.5. The van der Waals surface area contributed by atoms with Crippen LogP contribution in [0.4, 0.5) is 10.5 Å². The number of carbonyl (C=O) groups is 1. The average molecular weight is 378 g/mol. The first-order valence-corrected chi connectivity index (χ1v) is 9.36. The van der Waals surface area contributed by atoms with Crippen molar-refractivity contribution in [3.63, 3.8) is 0 Å². The fourth-order valence-electron chi connectivity index (χ4n) is 3.03. The number of phenolic OH excluding ortho intramolecular Hbond substituents is 1. The molecule has 0 saturated heterocycles. The SMILES string of the molecule is CCn1nnc(-c2cccc(NC(=O)N(Cc3cccc(O)c3)C3CC3)c2)n1. The molecule has 8 nitrogen and oxygen atoms in total. The highest BCUT2D eigenvalue weighted by Gasteiger charge is 2.32. The van der Waals surface area contributed by atoms with E-state index in [0.29, 0.717) is 24.6 Å². The Morgan fingerprint density at radius 3 is 2.79 bits per heavy atom. The Labute approximate surface area is 162 Å². The van der Waals surface area contributed by atoms with Crippen molar-refractivity contribution in [1.82, 2.24) is 25.1 Å². The van der Waals surface area contributed by atoms with Gasteiger partial charge in [0.2, 0.25) is 5.82 Å². The molecule has 2 amide bonds. The van der Waals surface area contributed by atoms with Crippen LogP contribution in [0.25, 0.3) is 11.4 Å². The summed E-state index contributed by atoms with van der Waals surface area (Å²) < 4.78 is 0. The summed E-state index contributed by atoms with van der Waals surface area (Å²) in [5, 5.41) is 25.0. The second-order valence-corrected chi connectivity index (χ2v) is 6.84. The van der Waals surface area contributed by atoms with E-state index in [2.05, 4.69) is 20.7 Å². The van der Waals surface area contributed by atoms with E-state index in [4.69, 9.17) is 0 Å². The van der Waals surface area contributed by atoms with Gasteiger partial charge < -0.3 is 15.3 Å². The molecule has 0 spiro atoms. The van der Waals surface area contributed by atoms with Gasteiger partial charge in [-0.3, -0.25) is 0 Å². The molecule has 1 saturated carbocycles. The molecule has 8 heteroatoms. The van der Waals surface area contributed by atoms with Crippen molar-refractivity contribution in [2.45, 2.75) is 38.9 Å². The lowest BCUT2D eigenvalue weighted by molar-refractivity contribution is 0.206. The number of rotatable bonds is 6. The lowest BCUT2D eigenvalue weighted by Crippen LogP contribution is -2.36. The number of aromatic hydroxyl groups is 1. The van der Waals surface area contributed by atoms with Gasteiger partial charge in [-0.05, 0) is 54.8 Å². The average Bonchev–Trinajstić information content (AvgIpc) is 3.42. The number of hydrogen-bond acceptors (Lipinski definition) is 5. The van der Waals surface area contributed by atoms with Crippen LogP contribution in [-0.2, 0) is 13.1 Å². The van der Waals surface area contributed by atoms with Gasteiger partial charge in [-0.25, -0.2) is 4.79 Å².